The molecule has 1 fully saturated rings. The molecule has 1 atom stereocenters. The third-order valence-electron chi connectivity index (χ3n) is 4.39. The van der Waals surface area contributed by atoms with Crippen molar-refractivity contribution in [1.29, 1.82) is 0 Å². The number of benzene rings is 1. The summed E-state index contributed by atoms with van der Waals surface area (Å²) in [5, 5.41) is 2.55. The molecule has 0 bridgehead atoms. The lowest BCUT2D eigenvalue weighted by Crippen LogP contribution is -2.38. The van der Waals surface area contributed by atoms with Crippen LogP contribution in [0.4, 0.5) is 10.1 Å². The first-order valence-corrected chi connectivity index (χ1v) is 7.91. The zero-order chi connectivity index (χ0) is 17.1. The molecular weight excluding hydrogens is 313 g/mol. The second kappa shape index (κ2) is 7.00. The van der Waals surface area contributed by atoms with E-state index < -0.39 is 17.8 Å². The number of rotatable bonds is 6. The van der Waals surface area contributed by atoms with Crippen LogP contribution in [0.25, 0.3) is 11.3 Å². The Morgan fingerprint density at radius 3 is 2.92 bits per heavy atom. The van der Waals surface area contributed by atoms with Crippen LogP contribution in [0.2, 0.25) is 0 Å². The number of anilines is 1. The summed E-state index contributed by atoms with van der Waals surface area (Å²) in [6.45, 7) is 0. The number of ether oxygens (including phenoxy) is 1. The van der Waals surface area contributed by atoms with Gasteiger partial charge in [0.25, 0.3) is 0 Å². The molecule has 1 aliphatic carbocycles. The minimum atomic E-state index is -0.644. The maximum Gasteiger partial charge on any atom is 0.241 e. The summed E-state index contributed by atoms with van der Waals surface area (Å²) in [6.07, 6.45) is 6.74. The van der Waals surface area contributed by atoms with Gasteiger partial charge in [-0.3, -0.25) is 4.79 Å². The van der Waals surface area contributed by atoms with Crippen molar-refractivity contribution in [2.24, 2.45) is 11.7 Å². The molecule has 128 valence electrons. The van der Waals surface area contributed by atoms with Gasteiger partial charge in [-0.25, -0.2) is 9.37 Å². The molecule has 3 rings (SSSR count). The van der Waals surface area contributed by atoms with Gasteiger partial charge >= 0.3 is 0 Å². The number of carbonyl (C=O) groups is 1. The van der Waals surface area contributed by atoms with E-state index in [0.717, 1.165) is 12.8 Å². The molecule has 6 nitrogen and oxygen atoms in total. The van der Waals surface area contributed by atoms with Gasteiger partial charge in [0.15, 0.2) is 12.2 Å². The Bertz CT molecular complexity index is 714. The van der Waals surface area contributed by atoms with E-state index in [9.17, 15) is 9.18 Å². The highest BCUT2D eigenvalue weighted by atomic mass is 19.1. The van der Waals surface area contributed by atoms with Gasteiger partial charge in [-0.2, -0.15) is 0 Å². The largest absolute Gasteiger partial charge is 0.496 e. The number of oxazole rings is 1. The predicted molar refractivity (Wildman–Crippen MR) is 87.0 cm³/mol. The molecule has 3 N–H and O–H groups in total. The van der Waals surface area contributed by atoms with Crippen molar-refractivity contribution < 1.29 is 18.3 Å². The Labute approximate surface area is 139 Å². The van der Waals surface area contributed by atoms with Crippen LogP contribution in [0, 0.1) is 11.7 Å². The number of halogens is 1. The van der Waals surface area contributed by atoms with Gasteiger partial charge in [-0.05, 0) is 18.4 Å². The van der Waals surface area contributed by atoms with Crippen LogP contribution < -0.4 is 15.8 Å². The van der Waals surface area contributed by atoms with Crippen molar-refractivity contribution in [3.05, 3.63) is 30.5 Å². The van der Waals surface area contributed by atoms with Gasteiger partial charge in [0.05, 0.1) is 30.6 Å². The number of amides is 1. The molecule has 2 aromatic rings. The van der Waals surface area contributed by atoms with Crippen LogP contribution in [0.15, 0.2) is 29.1 Å². The van der Waals surface area contributed by atoms with E-state index in [0.29, 0.717) is 29.4 Å². The molecule has 1 aromatic heterocycles. The molecule has 24 heavy (non-hydrogen) atoms. The first-order chi connectivity index (χ1) is 11.6. The van der Waals surface area contributed by atoms with Crippen molar-refractivity contribution in [2.45, 2.75) is 31.7 Å². The number of nitrogens with one attached hydrogen (secondary N) is 1. The van der Waals surface area contributed by atoms with Crippen molar-refractivity contribution in [3.63, 3.8) is 0 Å². The van der Waals surface area contributed by atoms with Crippen molar-refractivity contribution in [1.82, 2.24) is 4.98 Å². The monoisotopic (exact) mass is 333 g/mol. The summed E-state index contributed by atoms with van der Waals surface area (Å²) in [4.78, 5) is 16.0. The summed E-state index contributed by atoms with van der Waals surface area (Å²) >= 11 is 0. The third-order valence-corrected chi connectivity index (χ3v) is 4.39. The SMILES string of the molecule is COc1cc(NC(=O)[C@H](N)CC2CCC2)c(F)cc1-c1cnco1. The number of nitrogens with two attached hydrogens (primary N) is 1. The summed E-state index contributed by atoms with van der Waals surface area (Å²) < 4.78 is 24.8. The molecule has 1 heterocycles. The van der Waals surface area contributed by atoms with Crippen molar-refractivity contribution >= 4 is 11.6 Å². The van der Waals surface area contributed by atoms with Gasteiger partial charge in [0.2, 0.25) is 5.91 Å². The van der Waals surface area contributed by atoms with E-state index in [4.69, 9.17) is 14.9 Å². The number of methoxy groups -OCH3 is 1. The van der Waals surface area contributed by atoms with Crippen molar-refractivity contribution in [2.75, 3.05) is 12.4 Å². The quantitative estimate of drug-likeness (QED) is 0.848. The van der Waals surface area contributed by atoms with E-state index in [1.807, 2.05) is 0 Å². The van der Waals surface area contributed by atoms with Gasteiger partial charge in [0, 0.05) is 6.07 Å². The van der Waals surface area contributed by atoms with E-state index in [1.165, 1.54) is 38.3 Å². The minimum absolute atomic E-state index is 0.0316. The molecular formula is C17H20FN3O3. The maximum absolute atomic E-state index is 14.3. The van der Waals surface area contributed by atoms with Gasteiger partial charge in [0.1, 0.15) is 11.6 Å². The molecule has 7 heteroatoms. The van der Waals surface area contributed by atoms with Gasteiger partial charge in [-0.1, -0.05) is 19.3 Å². The Morgan fingerprint density at radius 1 is 1.54 bits per heavy atom. The fourth-order valence-corrected chi connectivity index (χ4v) is 2.78. The lowest BCUT2D eigenvalue weighted by atomic mass is 9.81. The maximum atomic E-state index is 14.3. The fraction of sp³-hybridized carbons (Fsp3) is 0.412. The summed E-state index contributed by atoms with van der Waals surface area (Å²) in [5.41, 5.74) is 6.37. The molecule has 1 aliphatic rings. The molecule has 0 spiro atoms. The number of carbonyl (C=O) groups excluding carboxylic acids is 1. The van der Waals surface area contributed by atoms with E-state index in [-0.39, 0.29) is 5.69 Å². The summed E-state index contributed by atoms with van der Waals surface area (Å²) in [6, 6.07) is 2.02. The predicted octanol–water partition coefficient (Wildman–Crippen LogP) is 2.95. The van der Waals surface area contributed by atoms with Crippen LogP contribution in [-0.4, -0.2) is 24.0 Å². The highest BCUT2D eigenvalue weighted by Crippen LogP contribution is 2.34. The second-order valence-electron chi connectivity index (χ2n) is 6.03. The molecule has 1 aromatic carbocycles. The number of nitrogens with zero attached hydrogens (tertiary/aromatic N) is 1. The highest BCUT2D eigenvalue weighted by Gasteiger charge is 2.25. The average Bonchev–Trinajstić information content (AvgIpc) is 3.06. The zero-order valence-corrected chi connectivity index (χ0v) is 13.4. The lowest BCUT2D eigenvalue weighted by molar-refractivity contribution is -0.117. The van der Waals surface area contributed by atoms with Crippen LogP contribution in [-0.2, 0) is 4.79 Å². The van der Waals surface area contributed by atoms with Gasteiger partial charge in [-0.15, -0.1) is 0 Å². The second-order valence-corrected chi connectivity index (χ2v) is 6.03. The Balaban J connectivity index is 1.76. The standard InChI is InChI=1S/C17H20FN3O3/c1-23-15-7-14(12(18)6-11(15)16-8-20-9-24-16)21-17(22)13(19)5-10-3-2-4-10/h6-10,13H,2-5,19H2,1H3,(H,21,22)/t13-/m1/s1. The number of hydrogen-bond donors (Lipinski definition) is 2. The molecule has 0 saturated heterocycles. The third kappa shape index (κ3) is 3.41. The molecule has 0 unspecified atom stereocenters. The lowest BCUT2D eigenvalue weighted by Gasteiger charge is -2.27. The number of hydrogen-bond acceptors (Lipinski definition) is 5. The van der Waals surface area contributed by atoms with E-state index >= 15 is 0 Å². The van der Waals surface area contributed by atoms with Crippen LogP contribution in [0.1, 0.15) is 25.7 Å². The zero-order valence-electron chi connectivity index (χ0n) is 13.4. The van der Waals surface area contributed by atoms with Crippen molar-refractivity contribution in [3.8, 4) is 17.1 Å². The van der Waals surface area contributed by atoms with E-state index in [2.05, 4.69) is 10.3 Å². The highest BCUT2D eigenvalue weighted by molar-refractivity contribution is 5.95. The Morgan fingerprint density at radius 2 is 2.33 bits per heavy atom. The topological polar surface area (TPSA) is 90.4 Å². The number of aromatic nitrogens is 1. The van der Waals surface area contributed by atoms with E-state index in [1.54, 1.807) is 0 Å². The minimum Gasteiger partial charge on any atom is -0.496 e. The molecule has 0 radical (unpaired) electrons. The molecule has 1 amide bonds. The van der Waals surface area contributed by atoms with Crippen LogP contribution in [0.3, 0.4) is 0 Å². The van der Waals surface area contributed by atoms with Crippen LogP contribution >= 0.6 is 0 Å². The first-order valence-electron chi connectivity index (χ1n) is 7.91. The molecule has 0 aliphatic heterocycles. The van der Waals surface area contributed by atoms with Crippen LogP contribution in [0.5, 0.6) is 5.75 Å². The Hall–Kier alpha value is -2.41. The first kappa shape index (κ1) is 16.4. The normalized spacial score (nSPS) is 15.6. The smallest absolute Gasteiger partial charge is 0.241 e. The average molecular weight is 333 g/mol. The molecule has 1 saturated carbocycles. The summed E-state index contributed by atoms with van der Waals surface area (Å²) in [7, 11) is 1.46. The summed E-state index contributed by atoms with van der Waals surface area (Å²) in [5.74, 6) is 0.266. The fourth-order valence-electron chi connectivity index (χ4n) is 2.78. The van der Waals surface area contributed by atoms with Gasteiger partial charge < -0.3 is 20.2 Å². The Kier molecular flexibility index (Phi) is 4.80.